The summed E-state index contributed by atoms with van der Waals surface area (Å²) in [4.78, 5) is 9.90. The van der Waals surface area contributed by atoms with E-state index in [9.17, 15) is 10.4 Å². The Bertz CT molecular complexity index is 872. The lowest BCUT2D eigenvalue weighted by atomic mass is 9.90. The fraction of sp³-hybridized carbons (Fsp3) is 0.333. The summed E-state index contributed by atoms with van der Waals surface area (Å²) in [7, 11) is 0. The van der Waals surface area contributed by atoms with E-state index in [-0.39, 0.29) is 12.1 Å². The number of aliphatic imine (C=N–C) groups is 2. The fourth-order valence-corrected chi connectivity index (χ4v) is 3.78. The van der Waals surface area contributed by atoms with Crippen molar-refractivity contribution < 1.29 is 10.4 Å². The Morgan fingerprint density at radius 3 is 1.47 bits per heavy atom. The third-order valence-corrected chi connectivity index (χ3v) is 5.32. The summed E-state index contributed by atoms with van der Waals surface area (Å²) >= 11 is 0. The lowest BCUT2D eigenvalue weighted by Gasteiger charge is -2.26. The molecule has 6 nitrogen and oxygen atoms in total. The molecule has 0 radical (unpaired) electrons. The Kier molecular flexibility index (Phi) is 7.49. The zero-order valence-corrected chi connectivity index (χ0v) is 17.4. The highest BCUT2D eigenvalue weighted by Gasteiger charge is 2.24. The van der Waals surface area contributed by atoms with E-state index in [4.69, 9.17) is 9.98 Å². The molecule has 1 aliphatic carbocycles. The summed E-state index contributed by atoms with van der Waals surface area (Å²) in [5.41, 5.74) is 4.30. The molecule has 0 saturated heterocycles. The van der Waals surface area contributed by atoms with E-state index in [1.807, 2.05) is 60.7 Å². The van der Waals surface area contributed by atoms with Crippen LogP contribution in [-0.4, -0.2) is 45.3 Å². The Morgan fingerprint density at radius 2 is 1.10 bits per heavy atom. The van der Waals surface area contributed by atoms with Gasteiger partial charge in [-0.25, -0.2) is 0 Å². The van der Waals surface area contributed by atoms with Crippen molar-refractivity contribution in [3.8, 4) is 0 Å². The van der Waals surface area contributed by atoms with Gasteiger partial charge >= 0.3 is 0 Å². The van der Waals surface area contributed by atoms with Crippen LogP contribution in [0.1, 0.15) is 50.7 Å². The molecule has 0 aromatic heterocycles. The van der Waals surface area contributed by atoms with Gasteiger partial charge in [-0.2, -0.15) is 0 Å². The average Bonchev–Trinajstić information content (AvgIpc) is 2.81. The maximum Gasteiger partial charge on any atom is 0.102 e. The summed E-state index contributed by atoms with van der Waals surface area (Å²) in [6, 6.07) is 19.8. The summed E-state index contributed by atoms with van der Waals surface area (Å²) in [5.74, 6) is 0. The van der Waals surface area contributed by atoms with Gasteiger partial charge in [0.05, 0.1) is 23.5 Å². The van der Waals surface area contributed by atoms with Gasteiger partial charge in [0.15, 0.2) is 0 Å². The summed E-state index contributed by atoms with van der Waals surface area (Å²) in [5, 5.41) is 25.4. The highest BCUT2D eigenvalue weighted by atomic mass is 16.4. The van der Waals surface area contributed by atoms with Crippen LogP contribution in [0.3, 0.4) is 0 Å². The molecule has 30 heavy (non-hydrogen) atoms. The third kappa shape index (κ3) is 5.41. The summed E-state index contributed by atoms with van der Waals surface area (Å²) < 4.78 is 0. The van der Waals surface area contributed by atoms with E-state index in [1.165, 1.54) is 0 Å². The van der Waals surface area contributed by atoms with Gasteiger partial charge in [-0.1, -0.05) is 71.0 Å². The molecule has 1 aliphatic rings. The second kappa shape index (κ2) is 10.5. The fourth-order valence-electron chi connectivity index (χ4n) is 3.78. The molecule has 2 N–H and O–H groups in total. The standard InChI is InChI=1S/C24H28N4O2/c1-17(27-29)23(19-10-5-3-6-11-19)25-21-14-9-15-22(16-21)26-24(18(2)28-30)20-12-7-4-8-13-20/h3-8,10-13,21-22,29-30H,9,14-16H2,1-2H3/b25-23?,26-24?,27-17+,28-18+. The maximum atomic E-state index is 9.33. The van der Waals surface area contributed by atoms with Crippen molar-refractivity contribution in [3.63, 3.8) is 0 Å². The number of nitrogens with zero attached hydrogens (tertiary/aromatic N) is 4. The first-order chi connectivity index (χ1) is 14.6. The molecule has 0 heterocycles. The highest BCUT2D eigenvalue weighted by Crippen LogP contribution is 2.25. The number of benzene rings is 2. The van der Waals surface area contributed by atoms with Crippen molar-refractivity contribution in [2.75, 3.05) is 0 Å². The molecule has 0 amide bonds. The van der Waals surface area contributed by atoms with Gasteiger partial charge in [0.2, 0.25) is 0 Å². The highest BCUT2D eigenvalue weighted by molar-refractivity contribution is 6.48. The largest absolute Gasteiger partial charge is 0.411 e. The van der Waals surface area contributed by atoms with Gasteiger partial charge in [0.25, 0.3) is 0 Å². The zero-order chi connectivity index (χ0) is 21.3. The molecule has 156 valence electrons. The van der Waals surface area contributed by atoms with Gasteiger partial charge in [-0.05, 0) is 39.5 Å². The van der Waals surface area contributed by atoms with E-state index in [1.54, 1.807) is 13.8 Å². The molecule has 2 aromatic rings. The minimum atomic E-state index is 0.0859. The van der Waals surface area contributed by atoms with E-state index >= 15 is 0 Å². The predicted molar refractivity (Wildman–Crippen MR) is 122 cm³/mol. The molecule has 0 spiro atoms. The minimum Gasteiger partial charge on any atom is -0.411 e. The molecule has 2 unspecified atom stereocenters. The van der Waals surface area contributed by atoms with Crippen LogP contribution in [0.25, 0.3) is 0 Å². The quantitative estimate of drug-likeness (QED) is 0.404. The molecule has 0 bridgehead atoms. The second-order valence-corrected chi connectivity index (χ2v) is 7.53. The Labute approximate surface area is 177 Å². The second-order valence-electron chi connectivity index (χ2n) is 7.53. The van der Waals surface area contributed by atoms with Gasteiger partial charge in [0, 0.05) is 11.1 Å². The molecule has 2 atom stereocenters. The number of oxime groups is 2. The molecule has 1 saturated carbocycles. The van der Waals surface area contributed by atoms with Crippen LogP contribution in [0, 0.1) is 0 Å². The molecule has 3 rings (SSSR count). The molecule has 0 aliphatic heterocycles. The first-order valence-corrected chi connectivity index (χ1v) is 10.3. The van der Waals surface area contributed by atoms with Gasteiger partial charge < -0.3 is 10.4 Å². The van der Waals surface area contributed by atoms with Crippen molar-refractivity contribution in [1.82, 2.24) is 0 Å². The zero-order valence-electron chi connectivity index (χ0n) is 17.4. The molecule has 2 aromatic carbocycles. The lowest BCUT2D eigenvalue weighted by molar-refractivity contribution is 0.319. The van der Waals surface area contributed by atoms with Crippen LogP contribution >= 0.6 is 0 Å². The van der Waals surface area contributed by atoms with Crippen LogP contribution in [0.15, 0.2) is 81.0 Å². The van der Waals surface area contributed by atoms with Gasteiger partial charge in [-0.15, -0.1) is 0 Å². The van der Waals surface area contributed by atoms with Crippen molar-refractivity contribution in [2.45, 2.75) is 51.6 Å². The Hall–Kier alpha value is -3.28. The van der Waals surface area contributed by atoms with Crippen molar-refractivity contribution >= 4 is 22.8 Å². The van der Waals surface area contributed by atoms with E-state index in [2.05, 4.69) is 10.3 Å². The average molecular weight is 405 g/mol. The van der Waals surface area contributed by atoms with Crippen LogP contribution in [0.5, 0.6) is 0 Å². The Morgan fingerprint density at radius 1 is 0.700 bits per heavy atom. The van der Waals surface area contributed by atoms with Gasteiger partial charge in [-0.3, -0.25) is 9.98 Å². The van der Waals surface area contributed by atoms with E-state index in [0.29, 0.717) is 22.8 Å². The normalized spacial score (nSPS) is 21.5. The topological polar surface area (TPSA) is 89.9 Å². The lowest BCUT2D eigenvalue weighted by Crippen LogP contribution is -2.26. The minimum absolute atomic E-state index is 0.0859. The van der Waals surface area contributed by atoms with E-state index in [0.717, 1.165) is 36.8 Å². The first-order valence-electron chi connectivity index (χ1n) is 10.3. The van der Waals surface area contributed by atoms with Crippen molar-refractivity contribution in [3.05, 3.63) is 71.8 Å². The van der Waals surface area contributed by atoms with E-state index < -0.39 is 0 Å². The number of hydrogen-bond acceptors (Lipinski definition) is 6. The number of hydrogen-bond donors (Lipinski definition) is 2. The monoisotopic (exact) mass is 404 g/mol. The smallest absolute Gasteiger partial charge is 0.102 e. The molecule has 6 heteroatoms. The first kappa shape index (κ1) is 21.4. The van der Waals surface area contributed by atoms with Crippen LogP contribution in [0.2, 0.25) is 0 Å². The molecular weight excluding hydrogens is 376 g/mol. The Balaban J connectivity index is 1.88. The van der Waals surface area contributed by atoms with Crippen molar-refractivity contribution in [1.29, 1.82) is 0 Å². The van der Waals surface area contributed by atoms with Crippen molar-refractivity contribution in [2.24, 2.45) is 20.3 Å². The predicted octanol–water partition coefficient (Wildman–Crippen LogP) is 4.98. The SMILES string of the molecule is C/C(=N\O)C(=NC1CCCC(N=C(/C(C)=N/O)c2ccccc2)C1)c1ccccc1. The van der Waals surface area contributed by atoms with Crippen LogP contribution < -0.4 is 0 Å². The van der Waals surface area contributed by atoms with Crippen LogP contribution in [0.4, 0.5) is 0 Å². The molecule has 1 fully saturated rings. The van der Waals surface area contributed by atoms with Crippen LogP contribution in [-0.2, 0) is 0 Å². The third-order valence-electron chi connectivity index (χ3n) is 5.32. The summed E-state index contributed by atoms with van der Waals surface area (Å²) in [6.45, 7) is 3.53. The van der Waals surface area contributed by atoms with Gasteiger partial charge in [0.1, 0.15) is 11.4 Å². The maximum absolute atomic E-state index is 9.33. The molecular formula is C24H28N4O2. The number of rotatable bonds is 6. The summed E-state index contributed by atoms with van der Waals surface area (Å²) in [6.07, 6.45) is 3.74.